The quantitative estimate of drug-likeness (QED) is 0.838. The Kier molecular flexibility index (Phi) is 5.14. The second-order valence-corrected chi connectivity index (χ2v) is 7.42. The molecule has 0 amide bonds. The molecule has 24 heavy (non-hydrogen) atoms. The lowest BCUT2D eigenvalue weighted by Crippen LogP contribution is -2.14. The van der Waals surface area contributed by atoms with Crippen LogP contribution in [0.1, 0.15) is 23.9 Å². The number of ketones is 1. The van der Waals surface area contributed by atoms with Gasteiger partial charge in [-0.3, -0.25) is 4.79 Å². The number of aryl methyl sites for hydroxylation is 3. The summed E-state index contributed by atoms with van der Waals surface area (Å²) in [6.07, 6.45) is 1.14. The molecule has 0 radical (unpaired) electrons. The number of hydrogen-bond donors (Lipinski definition) is 1. The SMILES string of the molecule is CC(=O)/C(=C/Nc1nc(C)cc(C)n1)S(=O)(=O)c1ccc(C)cc1. The third-order valence-corrected chi connectivity index (χ3v) is 5.16. The number of nitrogens with one attached hydrogen (secondary N) is 1. The van der Waals surface area contributed by atoms with E-state index in [1.54, 1.807) is 32.0 Å². The fraction of sp³-hybridized carbons (Fsp3) is 0.235. The fourth-order valence-corrected chi connectivity index (χ4v) is 3.47. The van der Waals surface area contributed by atoms with E-state index in [9.17, 15) is 13.2 Å². The number of benzene rings is 1. The van der Waals surface area contributed by atoms with Crippen molar-refractivity contribution >= 4 is 21.6 Å². The average Bonchev–Trinajstić information content (AvgIpc) is 2.46. The van der Waals surface area contributed by atoms with Gasteiger partial charge in [0.1, 0.15) is 4.91 Å². The van der Waals surface area contributed by atoms with Crippen LogP contribution in [0, 0.1) is 20.8 Å². The van der Waals surface area contributed by atoms with Crippen LogP contribution in [0.2, 0.25) is 0 Å². The molecule has 0 aliphatic carbocycles. The first-order valence-corrected chi connectivity index (χ1v) is 8.80. The topological polar surface area (TPSA) is 89.0 Å². The highest BCUT2D eigenvalue weighted by molar-refractivity contribution is 7.96. The molecule has 0 spiro atoms. The molecule has 1 heterocycles. The molecule has 126 valence electrons. The van der Waals surface area contributed by atoms with Crippen molar-refractivity contribution in [1.82, 2.24) is 9.97 Å². The molecule has 1 aromatic carbocycles. The van der Waals surface area contributed by atoms with Crippen molar-refractivity contribution < 1.29 is 13.2 Å². The maximum absolute atomic E-state index is 12.7. The van der Waals surface area contributed by atoms with Crippen LogP contribution in [0.3, 0.4) is 0 Å². The lowest BCUT2D eigenvalue weighted by atomic mass is 10.2. The van der Waals surface area contributed by atoms with Gasteiger partial charge >= 0.3 is 0 Å². The summed E-state index contributed by atoms with van der Waals surface area (Å²) in [4.78, 5) is 19.9. The summed E-state index contributed by atoms with van der Waals surface area (Å²) in [5, 5.41) is 2.71. The van der Waals surface area contributed by atoms with E-state index in [4.69, 9.17) is 0 Å². The number of carbonyl (C=O) groups is 1. The van der Waals surface area contributed by atoms with Gasteiger partial charge in [-0.2, -0.15) is 0 Å². The zero-order chi connectivity index (χ0) is 17.9. The van der Waals surface area contributed by atoms with Crippen LogP contribution in [0.5, 0.6) is 0 Å². The van der Waals surface area contributed by atoms with Gasteiger partial charge < -0.3 is 5.32 Å². The highest BCUT2D eigenvalue weighted by Crippen LogP contribution is 2.20. The Morgan fingerprint density at radius 2 is 1.58 bits per heavy atom. The number of hydrogen-bond acceptors (Lipinski definition) is 6. The van der Waals surface area contributed by atoms with Crippen LogP contribution in [0.4, 0.5) is 5.95 Å². The minimum Gasteiger partial charge on any atom is -0.329 e. The summed E-state index contributed by atoms with van der Waals surface area (Å²) >= 11 is 0. The van der Waals surface area contributed by atoms with Crippen LogP contribution >= 0.6 is 0 Å². The van der Waals surface area contributed by atoms with Crippen molar-refractivity contribution in [2.24, 2.45) is 0 Å². The summed E-state index contributed by atoms with van der Waals surface area (Å²) in [5.74, 6) is -0.321. The molecular formula is C17H19N3O3S. The molecule has 0 saturated heterocycles. The van der Waals surface area contributed by atoms with Crippen molar-refractivity contribution in [2.75, 3.05) is 5.32 Å². The number of rotatable bonds is 5. The van der Waals surface area contributed by atoms with Gasteiger partial charge in [-0.15, -0.1) is 0 Å². The number of nitrogens with zero attached hydrogens (tertiary/aromatic N) is 2. The van der Waals surface area contributed by atoms with Gasteiger partial charge in [0.15, 0.2) is 5.78 Å². The Morgan fingerprint density at radius 1 is 1.04 bits per heavy atom. The number of Topliss-reactive ketones (excluding diaryl/α,β-unsaturated/α-hetero) is 1. The maximum Gasteiger partial charge on any atom is 0.227 e. The van der Waals surface area contributed by atoms with Crippen molar-refractivity contribution in [3.8, 4) is 0 Å². The maximum atomic E-state index is 12.7. The molecule has 0 saturated carbocycles. The van der Waals surface area contributed by atoms with E-state index in [2.05, 4.69) is 15.3 Å². The molecule has 1 aromatic heterocycles. The Morgan fingerprint density at radius 3 is 2.08 bits per heavy atom. The van der Waals surface area contributed by atoms with Gasteiger partial charge in [0.2, 0.25) is 15.8 Å². The molecule has 6 nitrogen and oxygen atoms in total. The molecule has 0 unspecified atom stereocenters. The van der Waals surface area contributed by atoms with Crippen molar-refractivity contribution in [3.63, 3.8) is 0 Å². The van der Waals surface area contributed by atoms with E-state index in [1.807, 2.05) is 6.92 Å². The van der Waals surface area contributed by atoms with E-state index in [-0.39, 0.29) is 15.7 Å². The molecule has 0 atom stereocenters. The van der Waals surface area contributed by atoms with E-state index >= 15 is 0 Å². The third kappa shape index (κ3) is 4.05. The normalized spacial score (nSPS) is 12.1. The second kappa shape index (κ2) is 6.92. The average molecular weight is 345 g/mol. The van der Waals surface area contributed by atoms with Crippen molar-refractivity contribution in [2.45, 2.75) is 32.6 Å². The summed E-state index contributed by atoms with van der Waals surface area (Å²) < 4.78 is 25.3. The van der Waals surface area contributed by atoms with Crippen LogP contribution in [0.25, 0.3) is 0 Å². The highest BCUT2D eigenvalue weighted by Gasteiger charge is 2.24. The summed E-state index contributed by atoms with van der Waals surface area (Å²) in [6.45, 7) is 6.68. The van der Waals surface area contributed by atoms with Crippen LogP contribution in [-0.4, -0.2) is 24.2 Å². The lowest BCUT2D eigenvalue weighted by Gasteiger charge is -2.08. The number of anilines is 1. The third-order valence-electron chi connectivity index (χ3n) is 3.28. The van der Waals surface area contributed by atoms with Gasteiger partial charge in [-0.1, -0.05) is 17.7 Å². The zero-order valence-electron chi connectivity index (χ0n) is 14.0. The molecule has 0 bridgehead atoms. The summed E-state index contributed by atoms with van der Waals surface area (Å²) in [6, 6.07) is 8.13. The van der Waals surface area contributed by atoms with Gasteiger partial charge in [0.25, 0.3) is 0 Å². The van der Waals surface area contributed by atoms with E-state index in [0.29, 0.717) is 0 Å². The first-order valence-electron chi connectivity index (χ1n) is 7.32. The Bertz CT molecular complexity index is 881. The molecule has 2 rings (SSSR count). The summed E-state index contributed by atoms with van der Waals surface area (Å²) in [5.41, 5.74) is 2.41. The smallest absolute Gasteiger partial charge is 0.227 e. The van der Waals surface area contributed by atoms with Gasteiger partial charge in [0, 0.05) is 17.6 Å². The van der Waals surface area contributed by atoms with Gasteiger partial charge in [-0.25, -0.2) is 18.4 Å². The number of aromatic nitrogens is 2. The molecule has 0 aliphatic rings. The largest absolute Gasteiger partial charge is 0.329 e. The lowest BCUT2D eigenvalue weighted by molar-refractivity contribution is -0.113. The Hall–Kier alpha value is -2.54. The molecular weight excluding hydrogens is 326 g/mol. The Labute approximate surface area is 141 Å². The minimum atomic E-state index is -3.91. The highest BCUT2D eigenvalue weighted by atomic mass is 32.2. The van der Waals surface area contributed by atoms with E-state index < -0.39 is 15.6 Å². The number of carbonyl (C=O) groups excluding carboxylic acids is 1. The Balaban J connectivity index is 2.41. The van der Waals surface area contributed by atoms with Crippen molar-refractivity contribution in [1.29, 1.82) is 0 Å². The van der Waals surface area contributed by atoms with Gasteiger partial charge in [-0.05, 0) is 45.9 Å². The van der Waals surface area contributed by atoms with Crippen molar-refractivity contribution in [3.05, 3.63) is 58.4 Å². The van der Waals surface area contributed by atoms with Crippen LogP contribution in [0.15, 0.2) is 46.3 Å². The predicted octanol–water partition coefficient (Wildman–Crippen LogP) is 2.72. The standard InChI is InChI=1S/C17H19N3O3S/c1-11-5-7-15(8-6-11)24(22,23)16(14(4)21)10-18-17-19-12(2)9-13(3)20-17/h5-10H,1-4H3,(H,18,19,20)/b16-10-. The molecule has 2 aromatic rings. The minimum absolute atomic E-state index is 0.0673. The number of sulfone groups is 1. The first kappa shape index (κ1) is 17.8. The molecule has 7 heteroatoms. The molecule has 1 N–H and O–H groups in total. The molecule has 0 fully saturated rings. The fourth-order valence-electron chi connectivity index (χ4n) is 2.13. The van der Waals surface area contributed by atoms with E-state index in [1.165, 1.54) is 19.1 Å². The monoisotopic (exact) mass is 345 g/mol. The predicted molar refractivity (Wildman–Crippen MR) is 92.3 cm³/mol. The number of allylic oxidation sites excluding steroid dienone is 1. The second-order valence-electron chi connectivity index (χ2n) is 5.50. The first-order chi connectivity index (χ1) is 11.2. The van der Waals surface area contributed by atoms with Crippen LogP contribution in [-0.2, 0) is 14.6 Å². The molecule has 0 aliphatic heterocycles. The zero-order valence-corrected chi connectivity index (χ0v) is 14.8. The summed E-state index contributed by atoms with van der Waals surface area (Å²) in [7, 11) is -3.91. The van der Waals surface area contributed by atoms with E-state index in [0.717, 1.165) is 23.2 Å². The van der Waals surface area contributed by atoms with Crippen LogP contribution < -0.4 is 5.32 Å². The van der Waals surface area contributed by atoms with Gasteiger partial charge in [0.05, 0.1) is 4.90 Å².